The molecule has 0 saturated carbocycles. The first-order valence-electron chi connectivity index (χ1n) is 4.57. The first-order chi connectivity index (χ1) is 8.01. The third-order valence-electron chi connectivity index (χ3n) is 1.83. The summed E-state index contributed by atoms with van der Waals surface area (Å²) in [5, 5.41) is 8.60. The summed E-state index contributed by atoms with van der Waals surface area (Å²) in [7, 11) is 0. The van der Waals surface area contributed by atoms with Crippen LogP contribution in [0.25, 0.3) is 0 Å². The van der Waals surface area contributed by atoms with E-state index >= 15 is 0 Å². The number of carbonyl (C=O) groups is 1. The number of hydrogen-bond acceptors (Lipinski definition) is 4. The summed E-state index contributed by atoms with van der Waals surface area (Å²) in [5.41, 5.74) is -2.17. The van der Waals surface area contributed by atoms with E-state index in [1.807, 2.05) is 0 Å². The fourth-order valence-electron chi connectivity index (χ4n) is 1.11. The number of hydrogen-bond donors (Lipinski definition) is 0. The first-order valence-corrected chi connectivity index (χ1v) is 4.57. The van der Waals surface area contributed by atoms with Crippen LogP contribution in [0.1, 0.15) is 35.0 Å². The van der Waals surface area contributed by atoms with Crippen LogP contribution in [0, 0.1) is 17.3 Å². The molecule has 0 radical (unpaired) electrons. The molecule has 4 nitrogen and oxygen atoms in total. The Bertz CT molecular complexity index is 483. The van der Waals surface area contributed by atoms with Gasteiger partial charge >= 0.3 is 5.97 Å². The first kappa shape index (κ1) is 13.0. The lowest BCUT2D eigenvalue weighted by Crippen LogP contribution is -2.11. The van der Waals surface area contributed by atoms with E-state index in [2.05, 4.69) is 9.72 Å². The van der Waals surface area contributed by atoms with E-state index in [9.17, 15) is 18.0 Å². The van der Waals surface area contributed by atoms with Gasteiger partial charge in [-0.1, -0.05) is 0 Å². The molecule has 7 heteroatoms. The number of alkyl halides is 2. The molecular weight excluding hydrogens is 237 g/mol. The SMILES string of the molecule is CCOC(=O)c1cc(C#N)c(C(F)F)nc1F. The second-order valence-corrected chi connectivity index (χ2v) is 2.89. The molecule has 0 aromatic carbocycles. The Morgan fingerprint density at radius 1 is 1.65 bits per heavy atom. The normalized spacial score (nSPS) is 10.1. The number of nitriles is 1. The van der Waals surface area contributed by atoms with Gasteiger partial charge in [-0.05, 0) is 13.0 Å². The summed E-state index contributed by atoms with van der Waals surface area (Å²) in [4.78, 5) is 14.1. The van der Waals surface area contributed by atoms with Crippen molar-refractivity contribution in [3.05, 3.63) is 28.8 Å². The Kier molecular flexibility index (Phi) is 4.04. The van der Waals surface area contributed by atoms with Crippen LogP contribution in [0.15, 0.2) is 6.07 Å². The van der Waals surface area contributed by atoms with Crippen LogP contribution in [-0.4, -0.2) is 17.6 Å². The van der Waals surface area contributed by atoms with Crippen LogP contribution in [0.2, 0.25) is 0 Å². The van der Waals surface area contributed by atoms with Gasteiger partial charge in [0.25, 0.3) is 6.43 Å². The average Bonchev–Trinajstić information content (AvgIpc) is 2.28. The number of esters is 1. The van der Waals surface area contributed by atoms with Crippen molar-refractivity contribution in [1.29, 1.82) is 5.26 Å². The van der Waals surface area contributed by atoms with Crippen molar-refractivity contribution in [1.82, 2.24) is 4.98 Å². The van der Waals surface area contributed by atoms with Crippen molar-refractivity contribution in [3.8, 4) is 6.07 Å². The smallest absolute Gasteiger partial charge is 0.342 e. The minimum atomic E-state index is -3.09. The average molecular weight is 244 g/mol. The third kappa shape index (κ3) is 2.72. The number of ether oxygens (including phenoxy) is 1. The van der Waals surface area contributed by atoms with E-state index < -0.39 is 35.2 Å². The van der Waals surface area contributed by atoms with E-state index in [0.717, 1.165) is 0 Å². The van der Waals surface area contributed by atoms with Crippen molar-refractivity contribution in [2.45, 2.75) is 13.3 Å². The molecule has 0 saturated heterocycles. The maximum absolute atomic E-state index is 13.2. The lowest BCUT2D eigenvalue weighted by molar-refractivity contribution is 0.0518. The zero-order chi connectivity index (χ0) is 13.0. The molecule has 0 unspecified atom stereocenters. The minimum Gasteiger partial charge on any atom is -0.462 e. The fourth-order valence-corrected chi connectivity index (χ4v) is 1.11. The Morgan fingerprint density at radius 2 is 2.29 bits per heavy atom. The molecule has 1 heterocycles. The summed E-state index contributed by atoms with van der Waals surface area (Å²) >= 11 is 0. The van der Waals surface area contributed by atoms with Gasteiger partial charge in [-0.2, -0.15) is 9.65 Å². The van der Waals surface area contributed by atoms with E-state index in [0.29, 0.717) is 6.07 Å². The van der Waals surface area contributed by atoms with Crippen LogP contribution in [0.4, 0.5) is 13.2 Å². The van der Waals surface area contributed by atoms with E-state index in [1.165, 1.54) is 13.0 Å². The van der Waals surface area contributed by atoms with Crippen LogP contribution in [-0.2, 0) is 4.74 Å². The predicted octanol–water partition coefficient (Wildman–Crippen LogP) is 2.21. The molecule has 0 aliphatic rings. The van der Waals surface area contributed by atoms with Crippen LogP contribution < -0.4 is 0 Å². The number of rotatable bonds is 3. The molecule has 0 N–H and O–H groups in total. The molecule has 1 aromatic heterocycles. The third-order valence-corrected chi connectivity index (χ3v) is 1.83. The largest absolute Gasteiger partial charge is 0.462 e. The molecule has 0 aliphatic carbocycles. The van der Waals surface area contributed by atoms with Gasteiger partial charge in [0, 0.05) is 0 Å². The van der Waals surface area contributed by atoms with E-state index in [4.69, 9.17) is 5.26 Å². The van der Waals surface area contributed by atoms with Crippen LogP contribution in [0.3, 0.4) is 0 Å². The van der Waals surface area contributed by atoms with Crippen molar-refractivity contribution < 1.29 is 22.7 Å². The molecule has 0 aliphatic heterocycles. The minimum absolute atomic E-state index is 0.00322. The van der Waals surface area contributed by atoms with Crippen LogP contribution in [0.5, 0.6) is 0 Å². The van der Waals surface area contributed by atoms with Gasteiger partial charge in [0.05, 0.1) is 12.2 Å². The molecule has 0 bridgehead atoms. The van der Waals surface area contributed by atoms with Gasteiger partial charge in [0.1, 0.15) is 17.3 Å². The zero-order valence-corrected chi connectivity index (χ0v) is 8.71. The molecule has 0 spiro atoms. The maximum Gasteiger partial charge on any atom is 0.342 e. The predicted molar refractivity (Wildman–Crippen MR) is 49.8 cm³/mol. The van der Waals surface area contributed by atoms with Gasteiger partial charge in [-0.15, -0.1) is 0 Å². The van der Waals surface area contributed by atoms with Crippen molar-refractivity contribution >= 4 is 5.97 Å². The molecule has 17 heavy (non-hydrogen) atoms. The van der Waals surface area contributed by atoms with Gasteiger partial charge in [-0.3, -0.25) is 0 Å². The molecule has 1 rings (SSSR count). The summed E-state index contributed by atoms with van der Waals surface area (Å²) in [6.07, 6.45) is -3.09. The summed E-state index contributed by atoms with van der Waals surface area (Å²) in [6, 6.07) is 2.13. The highest BCUT2D eigenvalue weighted by molar-refractivity contribution is 5.89. The second kappa shape index (κ2) is 5.30. The quantitative estimate of drug-likeness (QED) is 0.604. The van der Waals surface area contributed by atoms with Gasteiger partial charge in [0.15, 0.2) is 0 Å². The Balaban J connectivity index is 3.28. The highest BCUT2D eigenvalue weighted by atomic mass is 19.3. The summed E-state index contributed by atoms with van der Waals surface area (Å²) < 4.78 is 42.5. The maximum atomic E-state index is 13.2. The number of carbonyl (C=O) groups excluding carboxylic acids is 1. The van der Waals surface area contributed by atoms with Crippen molar-refractivity contribution in [2.24, 2.45) is 0 Å². The molecule has 90 valence electrons. The second-order valence-electron chi connectivity index (χ2n) is 2.89. The topological polar surface area (TPSA) is 63.0 Å². The highest BCUT2D eigenvalue weighted by Crippen LogP contribution is 2.22. The molecule has 0 atom stereocenters. The Hall–Kier alpha value is -2.10. The van der Waals surface area contributed by atoms with Gasteiger partial charge in [-0.25, -0.2) is 18.6 Å². The lowest BCUT2D eigenvalue weighted by atomic mass is 10.1. The van der Waals surface area contributed by atoms with Crippen LogP contribution >= 0.6 is 0 Å². The van der Waals surface area contributed by atoms with Crippen molar-refractivity contribution in [2.75, 3.05) is 6.61 Å². The highest BCUT2D eigenvalue weighted by Gasteiger charge is 2.22. The molecular formula is C10H7F3N2O2. The Morgan fingerprint density at radius 3 is 2.76 bits per heavy atom. The monoisotopic (exact) mass is 244 g/mol. The lowest BCUT2D eigenvalue weighted by Gasteiger charge is -2.06. The van der Waals surface area contributed by atoms with E-state index in [-0.39, 0.29) is 6.61 Å². The molecule has 0 amide bonds. The standard InChI is InChI=1S/C10H7F3N2O2/c1-2-17-10(16)6-3-5(4-14)7(8(11)12)15-9(6)13/h3,8H,2H2,1H3. The number of aromatic nitrogens is 1. The Labute approximate surface area is 94.6 Å². The molecule has 0 fully saturated rings. The van der Waals surface area contributed by atoms with Crippen molar-refractivity contribution in [3.63, 3.8) is 0 Å². The molecule has 1 aromatic rings. The summed E-state index contributed by atoms with van der Waals surface area (Å²) in [6.45, 7) is 1.50. The fraction of sp³-hybridized carbons (Fsp3) is 0.300. The number of halogens is 3. The zero-order valence-electron chi connectivity index (χ0n) is 8.71. The van der Waals surface area contributed by atoms with E-state index in [1.54, 1.807) is 0 Å². The van der Waals surface area contributed by atoms with Gasteiger partial charge < -0.3 is 4.74 Å². The summed E-state index contributed by atoms with van der Waals surface area (Å²) in [5.74, 6) is -2.42. The van der Waals surface area contributed by atoms with Gasteiger partial charge in [0.2, 0.25) is 5.95 Å². The number of nitrogens with zero attached hydrogens (tertiary/aromatic N) is 2. The number of pyridine rings is 1.